The van der Waals surface area contributed by atoms with Gasteiger partial charge in [0.1, 0.15) is 5.60 Å². The summed E-state index contributed by atoms with van der Waals surface area (Å²) >= 11 is 0. The molecular formula is C25H37N5O2. The van der Waals surface area contributed by atoms with Crippen molar-refractivity contribution in [2.75, 3.05) is 25.0 Å². The molecule has 1 aromatic carbocycles. The molecule has 2 saturated heterocycles. The monoisotopic (exact) mass is 439 g/mol. The molecule has 2 bridgehead atoms. The lowest BCUT2D eigenvalue weighted by Crippen LogP contribution is -2.54. The van der Waals surface area contributed by atoms with Gasteiger partial charge in [-0.25, -0.2) is 4.79 Å². The van der Waals surface area contributed by atoms with Gasteiger partial charge < -0.3 is 25.2 Å². The quantitative estimate of drug-likeness (QED) is 0.426. The van der Waals surface area contributed by atoms with Crippen LogP contribution in [0.4, 0.5) is 10.5 Å². The third kappa shape index (κ3) is 5.37. The Morgan fingerprint density at radius 3 is 2.47 bits per heavy atom. The smallest absolute Gasteiger partial charge is 0.410 e. The van der Waals surface area contributed by atoms with Crippen LogP contribution in [0.1, 0.15) is 52.0 Å². The lowest BCUT2D eigenvalue weighted by molar-refractivity contribution is 0.00545. The van der Waals surface area contributed by atoms with E-state index in [-0.39, 0.29) is 18.2 Å². The number of piperidine rings is 1. The van der Waals surface area contributed by atoms with Gasteiger partial charge in [0.05, 0.1) is 0 Å². The lowest BCUT2D eigenvalue weighted by atomic mass is 9.98. The fourth-order valence-corrected chi connectivity index (χ4v) is 5.03. The highest BCUT2D eigenvalue weighted by Crippen LogP contribution is 2.36. The number of hydrogen-bond donors (Lipinski definition) is 2. The third-order valence-electron chi connectivity index (χ3n) is 6.46. The zero-order valence-corrected chi connectivity index (χ0v) is 19.8. The van der Waals surface area contributed by atoms with Crippen molar-refractivity contribution in [3.8, 4) is 0 Å². The highest BCUT2D eigenvalue weighted by molar-refractivity contribution is 5.80. The molecular weight excluding hydrogens is 402 g/mol. The third-order valence-corrected chi connectivity index (χ3v) is 6.46. The number of fused-ring (bicyclic) bond motifs is 2. The Morgan fingerprint density at radius 2 is 1.84 bits per heavy atom. The Kier molecular flexibility index (Phi) is 6.63. The number of carbonyl (C=O) groups is 1. The summed E-state index contributed by atoms with van der Waals surface area (Å²) in [6.07, 6.45) is 8.19. The van der Waals surface area contributed by atoms with Crippen LogP contribution in [-0.4, -0.2) is 60.8 Å². The van der Waals surface area contributed by atoms with Crippen molar-refractivity contribution in [1.29, 1.82) is 0 Å². The summed E-state index contributed by atoms with van der Waals surface area (Å²) in [4.78, 5) is 21.5. The van der Waals surface area contributed by atoms with Gasteiger partial charge in [-0.15, -0.1) is 0 Å². The molecule has 7 nitrogen and oxygen atoms in total. The molecule has 2 fully saturated rings. The van der Waals surface area contributed by atoms with Crippen LogP contribution in [0.15, 0.2) is 41.4 Å². The number of carbonyl (C=O) groups excluding carboxylic acids is 1. The van der Waals surface area contributed by atoms with Gasteiger partial charge >= 0.3 is 6.09 Å². The standard InChI is InChI=1S/C25H37N5O2/c1-25(2,3)32-24(31)30-21-10-11-22(30)16-19(15-21)28-23(26-4)27-17-18-8-7-9-20(14-18)29-12-5-6-13-29/h5-9,14,19,21-22H,10-13,15-17H2,1-4H3,(H2,26,27,28). The second kappa shape index (κ2) is 9.43. The number of ether oxygens (including phenoxy) is 1. The van der Waals surface area contributed by atoms with Gasteiger partial charge in [-0.2, -0.15) is 0 Å². The number of guanidine groups is 1. The van der Waals surface area contributed by atoms with Crippen LogP contribution in [-0.2, 0) is 11.3 Å². The Bertz CT molecular complexity index is 853. The Labute approximate surface area is 191 Å². The topological polar surface area (TPSA) is 69.2 Å². The number of rotatable bonds is 4. The number of aliphatic imine (C=N–C) groups is 1. The average Bonchev–Trinajstić information content (AvgIpc) is 3.37. The molecule has 2 unspecified atom stereocenters. The molecule has 0 saturated carbocycles. The molecule has 1 aromatic rings. The van der Waals surface area contributed by atoms with Gasteiger partial charge in [-0.3, -0.25) is 4.99 Å². The van der Waals surface area contributed by atoms with E-state index in [2.05, 4.69) is 56.9 Å². The predicted molar refractivity (Wildman–Crippen MR) is 129 cm³/mol. The largest absolute Gasteiger partial charge is 0.444 e. The average molecular weight is 440 g/mol. The summed E-state index contributed by atoms with van der Waals surface area (Å²) in [5, 5.41) is 7.06. The Morgan fingerprint density at radius 1 is 1.16 bits per heavy atom. The number of benzene rings is 1. The predicted octanol–water partition coefficient (Wildman–Crippen LogP) is 3.66. The van der Waals surface area contributed by atoms with Crippen molar-refractivity contribution in [1.82, 2.24) is 15.5 Å². The van der Waals surface area contributed by atoms with Gasteiger partial charge in [-0.05, 0) is 64.2 Å². The molecule has 2 atom stereocenters. The summed E-state index contributed by atoms with van der Waals surface area (Å²) in [5.41, 5.74) is 2.03. The molecule has 4 rings (SSSR count). The summed E-state index contributed by atoms with van der Waals surface area (Å²) < 4.78 is 5.65. The maximum Gasteiger partial charge on any atom is 0.410 e. The second-order valence-corrected chi connectivity index (χ2v) is 10.1. The van der Waals surface area contributed by atoms with Gasteiger partial charge in [-0.1, -0.05) is 24.3 Å². The van der Waals surface area contributed by atoms with Crippen LogP contribution in [0.3, 0.4) is 0 Å². The van der Waals surface area contributed by atoms with E-state index < -0.39 is 5.60 Å². The van der Waals surface area contributed by atoms with E-state index in [1.54, 1.807) is 0 Å². The first-order chi connectivity index (χ1) is 15.3. The van der Waals surface area contributed by atoms with Crippen LogP contribution in [0, 0.1) is 0 Å². The zero-order valence-electron chi connectivity index (χ0n) is 19.8. The van der Waals surface area contributed by atoms with E-state index in [0.29, 0.717) is 6.04 Å². The minimum atomic E-state index is -0.458. The van der Waals surface area contributed by atoms with Crippen molar-refractivity contribution in [2.45, 2.75) is 76.7 Å². The summed E-state index contributed by atoms with van der Waals surface area (Å²) in [6, 6.07) is 9.46. The zero-order chi connectivity index (χ0) is 22.7. The number of amides is 1. The molecule has 32 heavy (non-hydrogen) atoms. The van der Waals surface area contributed by atoms with E-state index in [1.807, 2.05) is 32.7 Å². The van der Waals surface area contributed by atoms with Crippen molar-refractivity contribution in [3.63, 3.8) is 0 Å². The number of hydrogen-bond acceptors (Lipinski definition) is 4. The lowest BCUT2D eigenvalue weighted by Gasteiger charge is -2.40. The number of nitrogens with zero attached hydrogens (tertiary/aromatic N) is 3. The Hall–Kier alpha value is -2.70. The normalized spacial score (nSPS) is 25.2. The van der Waals surface area contributed by atoms with E-state index in [0.717, 1.165) is 51.3 Å². The first kappa shape index (κ1) is 22.5. The van der Waals surface area contributed by atoms with Crippen molar-refractivity contribution in [2.24, 2.45) is 4.99 Å². The first-order valence-electron chi connectivity index (χ1n) is 11.8. The fraction of sp³-hybridized carbons (Fsp3) is 0.600. The van der Waals surface area contributed by atoms with Crippen LogP contribution in [0.2, 0.25) is 0 Å². The van der Waals surface area contributed by atoms with Crippen molar-refractivity contribution >= 4 is 17.7 Å². The molecule has 3 aliphatic rings. The summed E-state index contributed by atoms with van der Waals surface area (Å²) in [7, 11) is 1.81. The molecule has 174 valence electrons. The molecule has 3 heterocycles. The Balaban J connectivity index is 1.30. The molecule has 0 aromatic heterocycles. The maximum absolute atomic E-state index is 12.7. The van der Waals surface area contributed by atoms with E-state index in [1.165, 1.54) is 11.3 Å². The summed E-state index contributed by atoms with van der Waals surface area (Å²) in [5.74, 6) is 0.813. The fourth-order valence-electron chi connectivity index (χ4n) is 5.03. The SMILES string of the molecule is CN=C(NCc1cccc(N2CC=CC2)c1)NC1CC2CCC(C1)N2C(=O)OC(C)(C)C. The van der Waals surface area contributed by atoms with Crippen LogP contribution >= 0.6 is 0 Å². The second-order valence-electron chi connectivity index (χ2n) is 10.1. The molecule has 0 aliphatic carbocycles. The molecule has 0 radical (unpaired) electrons. The van der Waals surface area contributed by atoms with E-state index in [4.69, 9.17) is 4.74 Å². The van der Waals surface area contributed by atoms with Crippen molar-refractivity contribution in [3.05, 3.63) is 42.0 Å². The van der Waals surface area contributed by atoms with Gasteiger partial charge in [0, 0.05) is 50.5 Å². The molecule has 3 aliphatic heterocycles. The highest BCUT2D eigenvalue weighted by Gasteiger charge is 2.45. The van der Waals surface area contributed by atoms with Gasteiger partial charge in [0.15, 0.2) is 5.96 Å². The molecule has 1 amide bonds. The van der Waals surface area contributed by atoms with E-state index >= 15 is 0 Å². The van der Waals surface area contributed by atoms with Gasteiger partial charge in [0.2, 0.25) is 0 Å². The van der Waals surface area contributed by atoms with Gasteiger partial charge in [0.25, 0.3) is 0 Å². The number of nitrogens with one attached hydrogen (secondary N) is 2. The van der Waals surface area contributed by atoms with Crippen molar-refractivity contribution < 1.29 is 9.53 Å². The van der Waals surface area contributed by atoms with E-state index in [9.17, 15) is 4.79 Å². The maximum atomic E-state index is 12.7. The minimum Gasteiger partial charge on any atom is -0.444 e. The highest BCUT2D eigenvalue weighted by atomic mass is 16.6. The molecule has 0 spiro atoms. The minimum absolute atomic E-state index is 0.168. The van der Waals surface area contributed by atoms with Crippen LogP contribution in [0.5, 0.6) is 0 Å². The summed E-state index contributed by atoms with van der Waals surface area (Å²) in [6.45, 7) is 8.45. The number of anilines is 1. The first-order valence-corrected chi connectivity index (χ1v) is 11.8. The van der Waals surface area contributed by atoms with Crippen LogP contribution < -0.4 is 15.5 Å². The van der Waals surface area contributed by atoms with Crippen LogP contribution in [0.25, 0.3) is 0 Å². The molecule has 7 heteroatoms. The molecule has 2 N–H and O–H groups in total.